The highest BCUT2D eigenvalue weighted by Gasteiger charge is 2.29. The number of unbranched alkanes of at least 4 members (excludes halogenated alkanes) is 1. The Morgan fingerprint density at radius 2 is 2.19 bits per heavy atom. The highest BCUT2D eigenvalue weighted by Crippen LogP contribution is 2.36. The van der Waals surface area contributed by atoms with E-state index in [0.29, 0.717) is 6.04 Å². The molecule has 1 saturated carbocycles. The van der Waals surface area contributed by atoms with Gasteiger partial charge in [-0.05, 0) is 37.5 Å². The largest absolute Gasteiger partial charge is 0.397 e. The quantitative estimate of drug-likeness (QED) is 0.793. The van der Waals surface area contributed by atoms with Crippen molar-refractivity contribution in [1.29, 1.82) is 0 Å². The molecule has 0 aliphatic heterocycles. The number of nitrogens with zero attached hydrogens (tertiary/aromatic N) is 1. The van der Waals surface area contributed by atoms with Crippen molar-refractivity contribution in [3.05, 3.63) is 23.2 Å². The van der Waals surface area contributed by atoms with Gasteiger partial charge in [0.15, 0.2) is 0 Å². The van der Waals surface area contributed by atoms with E-state index in [1.54, 1.807) is 0 Å². The lowest BCUT2D eigenvalue weighted by Crippen LogP contribution is -2.27. The van der Waals surface area contributed by atoms with E-state index in [9.17, 15) is 0 Å². The number of nitrogens with two attached hydrogens (primary N) is 1. The van der Waals surface area contributed by atoms with Crippen LogP contribution in [0.5, 0.6) is 0 Å². The highest BCUT2D eigenvalue weighted by molar-refractivity contribution is 6.31. The first-order chi connectivity index (χ1) is 7.72. The molecule has 1 fully saturated rings. The first kappa shape index (κ1) is 11.6. The lowest BCUT2D eigenvalue weighted by molar-refractivity contribution is 0.714. The minimum atomic E-state index is 0.687. The van der Waals surface area contributed by atoms with Gasteiger partial charge in [-0.15, -0.1) is 0 Å². The van der Waals surface area contributed by atoms with Gasteiger partial charge in [-0.25, -0.2) is 0 Å². The molecular weight excluding hydrogens is 220 g/mol. The normalized spacial score (nSPS) is 15.1. The molecule has 16 heavy (non-hydrogen) atoms. The molecule has 0 bridgehead atoms. The Bertz CT molecular complexity index is 361. The summed E-state index contributed by atoms with van der Waals surface area (Å²) in [5, 5.41) is 0.770. The second-order valence-electron chi connectivity index (χ2n) is 4.48. The molecule has 1 aliphatic carbocycles. The summed E-state index contributed by atoms with van der Waals surface area (Å²) in [6, 6.07) is 6.43. The topological polar surface area (TPSA) is 29.3 Å². The van der Waals surface area contributed by atoms with Gasteiger partial charge in [0, 0.05) is 17.6 Å². The smallest absolute Gasteiger partial charge is 0.0617 e. The monoisotopic (exact) mass is 238 g/mol. The molecule has 3 heteroatoms. The van der Waals surface area contributed by atoms with Crippen LogP contribution in [0.2, 0.25) is 5.02 Å². The molecule has 2 nitrogen and oxygen atoms in total. The molecule has 0 saturated heterocycles. The Hall–Kier alpha value is -0.890. The number of hydrogen-bond donors (Lipinski definition) is 1. The predicted molar refractivity (Wildman–Crippen MR) is 71.1 cm³/mol. The molecule has 0 atom stereocenters. The van der Waals surface area contributed by atoms with Gasteiger partial charge in [0.2, 0.25) is 0 Å². The van der Waals surface area contributed by atoms with E-state index in [1.807, 2.05) is 18.2 Å². The molecule has 2 rings (SSSR count). The van der Waals surface area contributed by atoms with Crippen LogP contribution in [-0.4, -0.2) is 12.6 Å². The summed E-state index contributed by atoms with van der Waals surface area (Å²) >= 11 is 6.04. The summed E-state index contributed by atoms with van der Waals surface area (Å²) < 4.78 is 0. The third kappa shape index (κ3) is 2.62. The second-order valence-corrected chi connectivity index (χ2v) is 4.92. The Labute approximate surface area is 102 Å². The molecule has 1 aliphatic rings. The van der Waals surface area contributed by atoms with Gasteiger partial charge in [-0.2, -0.15) is 0 Å². The number of anilines is 2. The summed E-state index contributed by atoms with van der Waals surface area (Å²) in [5.74, 6) is 0. The third-order valence-electron chi connectivity index (χ3n) is 3.04. The Balaban J connectivity index is 2.19. The number of halogens is 1. The molecule has 0 aromatic heterocycles. The zero-order valence-corrected chi connectivity index (χ0v) is 10.5. The van der Waals surface area contributed by atoms with Crippen LogP contribution in [0.1, 0.15) is 32.6 Å². The van der Waals surface area contributed by atoms with E-state index in [1.165, 1.54) is 25.7 Å². The van der Waals surface area contributed by atoms with Crippen molar-refractivity contribution in [2.75, 3.05) is 17.2 Å². The summed E-state index contributed by atoms with van der Waals surface area (Å²) in [6.45, 7) is 3.30. The van der Waals surface area contributed by atoms with Gasteiger partial charge in [0.1, 0.15) is 0 Å². The minimum Gasteiger partial charge on any atom is -0.397 e. The average Bonchev–Trinajstić information content (AvgIpc) is 3.08. The number of nitrogen functional groups attached to an aromatic ring is 1. The van der Waals surface area contributed by atoms with Crippen LogP contribution >= 0.6 is 11.6 Å². The molecule has 88 valence electrons. The van der Waals surface area contributed by atoms with Crippen LogP contribution < -0.4 is 10.6 Å². The van der Waals surface area contributed by atoms with E-state index in [-0.39, 0.29) is 0 Å². The fraction of sp³-hybridized carbons (Fsp3) is 0.538. The van der Waals surface area contributed by atoms with Gasteiger partial charge in [-0.1, -0.05) is 24.9 Å². The van der Waals surface area contributed by atoms with Crippen LogP contribution in [0, 0.1) is 0 Å². The van der Waals surface area contributed by atoms with Crippen molar-refractivity contribution in [2.24, 2.45) is 0 Å². The van der Waals surface area contributed by atoms with Crippen molar-refractivity contribution < 1.29 is 0 Å². The molecule has 0 radical (unpaired) electrons. The molecule has 2 N–H and O–H groups in total. The highest BCUT2D eigenvalue weighted by atomic mass is 35.5. The van der Waals surface area contributed by atoms with Crippen molar-refractivity contribution >= 4 is 23.0 Å². The zero-order chi connectivity index (χ0) is 11.5. The first-order valence-corrected chi connectivity index (χ1v) is 6.42. The van der Waals surface area contributed by atoms with Gasteiger partial charge in [-0.3, -0.25) is 0 Å². The Kier molecular flexibility index (Phi) is 3.59. The maximum absolute atomic E-state index is 6.04. The lowest BCUT2D eigenvalue weighted by Gasteiger charge is -2.26. The molecule has 1 aromatic rings. The van der Waals surface area contributed by atoms with Gasteiger partial charge in [0.25, 0.3) is 0 Å². The molecular formula is C13H19ClN2. The van der Waals surface area contributed by atoms with E-state index in [4.69, 9.17) is 17.3 Å². The van der Waals surface area contributed by atoms with E-state index >= 15 is 0 Å². The van der Waals surface area contributed by atoms with E-state index < -0.39 is 0 Å². The lowest BCUT2D eigenvalue weighted by atomic mass is 10.2. The Morgan fingerprint density at radius 1 is 1.44 bits per heavy atom. The summed E-state index contributed by atoms with van der Waals surface area (Å²) in [7, 11) is 0. The number of rotatable bonds is 5. The van der Waals surface area contributed by atoms with Gasteiger partial charge in [0.05, 0.1) is 11.4 Å². The van der Waals surface area contributed by atoms with Crippen molar-refractivity contribution in [1.82, 2.24) is 0 Å². The van der Waals surface area contributed by atoms with E-state index in [2.05, 4.69) is 11.8 Å². The molecule has 1 aromatic carbocycles. The third-order valence-corrected chi connectivity index (χ3v) is 3.28. The fourth-order valence-corrected chi connectivity index (χ4v) is 2.15. The van der Waals surface area contributed by atoms with Crippen molar-refractivity contribution in [3.63, 3.8) is 0 Å². The van der Waals surface area contributed by atoms with Crippen molar-refractivity contribution in [3.8, 4) is 0 Å². The Morgan fingerprint density at radius 3 is 2.81 bits per heavy atom. The van der Waals surface area contributed by atoms with Gasteiger partial charge >= 0.3 is 0 Å². The number of hydrogen-bond acceptors (Lipinski definition) is 2. The SMILES string of the molecule is CCCCN(c1cc(Cl)ccc1N)C1CC1. The molecule has 0 amide bonds. The molecule has 0 unspecified atom stereocenters. The fourth-order valence-electron chi connectivity index (χ4n) is 1.98. The molecule has 0 heterocycles. The predicted octanol–water partition coefficient (Wildman–Crippen LogP) is 3.69. The standard InChI is InChI=1S/C13H19ClN2/c1-2-3-8-16(11-5-6-11)13-9-10(14)4-7-12(13)15/h4,7,9,11H,2-3,5-6,8,15H2,1H3. The maximum Gasteiger partial charge on any atom is 0.0617 e. The van der Waals surface area contributed by atoms with Crippen LogP contribution in [-0.2, 0) is 0 Å². The second kappa shape index (κ2) is 4.96. The minimum absolute atomic E-state index is 0.687. The number of benzene rings is 1. The van der Waals surface area contributed by atoms with Crippen molar-refractivity contribution in [2.45, 2.75) is 38.6 Å². The summed E-state index contributed by atoms with van der Waals surface area (Å²) in [5.41, 5.74) is 7.98. The molecule has 0 spiro atoms. The summed E-state index contributed by atoms with van der Waals surface area (Å²) in [6.07, 6.45) is 5.00. The van der Waals surface area contributed by atoms with Crippen LogP contribution in [0.3, 0.4) is 0 Å². The maximum atomic E-state index is 6.04. The summed E-state index contributed by atoms with van der Waals surface area (Å²) in [4.78, 5) is 2.42. The van der Waals surface area contributed by atoms with Crippen LogP contribution in [0.4, 0.5) is 11.4 Å². The first-order valence-electron chi connectivity index (χ1n) is 6.04. The van der Waals surface area contributed by atoms with Crippen LogP contribution in [0.15, 0.2) is 18.2 Å². The zero-order valence-electron chi connectivity index (χ0n) is 9.75. The van der Waals surface area contributed by atoms with E-state index in [0.717, 1.165) is 22.9 Å². The van der Waals surface area contributed by atoms with Crippen LogP contribution in [0.25, 0.3) is 0 Å². The van der Waals surface area contributed by atoms with Gasteiger partial charge < -0.3 is 10.6 Å². The average molecular weight is 239 g/mol.